The van der Waals surface area contributed by atoms with Gasteiger partial charge in [0.1, 0.15) is 6.04 Å². The second-order valence-corrected chi connectivity index (χ2v) is 4.40. The number of carboxylic acids is 1. The molecule has 0 fully saturated rings. The predicted molar refractivity (Wildman–Crippen MR) is 76.8 cm³/mol. The molecule has 114 valence electrons. The quantitative estimate of drug-likeness (QED) is 0.572. The van der Waals surface area contributed by atoms with Gasteiger partial charge in [-0.1, -0.05) is 30.3 Å². The van der Waals surface area contributed by atoms with E-state index in [2.05, 4.69) is 16.0 Å². The molecule has 0 saturated carbocycles. The molecule has 7 heteroatoms. The number of amides is 3. The summed E-state index contributed by atoms with van der Waals surface area (Å²) in [4.78, 5) is 33.7. The minimum Gasteiger partial charge on any atom is -0.480 e. The van der Waals surface area contributed by atoms with Crippen LogP contribution >= 0.6 is 0 Å². The molecule has 0 radical (unpaired) electrons. The Morgan fingerprint density at radius 2 is 1.86 bits per heavy atom. The molecule has 1 rings (SSSR count). The topological polar surface area (TPSA) is 108 Å². The van der Waals surface area contributed by atoms with Crippen molar-refractivity contribution < 1.29 is 19.5 Å². The van der Waals surface area contributed by atoms with Gasteiger partial charge >= 0.3 is 12.0 Å². The second-order valence-electron chi connectivity index (χ2n) is 4.40. The van der Waals surface area contributed by atoms with Gasteiger partial charge in [-0.3, -0.25) is 4.79 Å². The van der Waals surface area contributed by atoms with Crippen LogP contribution in [0.5, 0.6) is 0 Å². The molecule has 0 aliphatic heterocycles. The number of carbonyl (C=O) groups excluding carboxylic acids is 2. The zero-order chi connectivity index (χ0) is 15.7. The Labute approximate surface area is 122 Å². The van der Waals surface area contributed by atoms with Gasteiger partial charge in [0.05, 0.1) is 0 Å². The molecule has 0 spiro atoms. The van der Waals surface area contributed by atoms with Crippen molar-refractivity contribution in [2.24, 2.45) is 0 Å². The molecule has 21 heavy (non-hydrogen) atoms. The van der Waals surface area contributed by atoms with Crippen molar-refractivity contribution >= 4 is 17.9 Å². The largest absolute Gasteiger partial charge is 0.480 e. The summed E-state index contributed by atoms with van der Waals surface area (Å²) in [5.41, 5.74) is 0.815. The van der Waals surface area contributed by atoms with Crippen molar-refractivity contribution in [3.05, 3.63) is 35.9 Å². The molecule has 4 N–H and O–H groups in total. The summed E-state index contributed by atoms with van der Waals surface area (Å²) >= 11 is 0. The number of hydrogen-bond acceptors (Lipinski definition) is 3. The van der Waals surface area contributed by atoms with Gasteiger partial charge in [0, 0.05) is 26.4 Å². The Hall–Kier alpha value is -2.57. The molecule has 0 aromatic heterocycles. The van der Waals surface area contributed by atoms with Crippen LogP contribution in [0.2, 0.25) is 0 Å². The summed E-state index contributed by atoms with van der Waals surface area (Å²) in [6, 6.07) is 7.39. The zero-order valence-corrected chi connectivity index (χ0v) is 11.8. The average Bonchev–Trinajstić information content (AvgIpc) is 2.47. The third kappa shape index (κ3) is 6.42. The molecule has 7 nitrogen and oxygen atoms in total. The van der Waals surface area contributed by atoms with Crippen molar-refractivity contribution in [3.63, 3.8) is 0 Å². The van der Waals surface area contributed by atoms with Crippen LogP contribution in [0.25, 0.3) is 0 Å². The highest BCUT2D eigenvalue weighted by molar-refractivity contribution is 5.83. The minimum atomic E-state index is -1.11. The number of carboxylic acid groups (broad SMARTS) is 1. The maximum absolute atomic E-state index is 11.6. The molecule has 0 bridgehead atoms. The van der Waals surface area contributed by atoms with Crippen molar-refractivity contribution in [3.8, 4) is 0 Å². The Balaban J connectivity index is 2.45. The summed E-state index contributed by atoms with van der Waals surface area (Å²) in [7, 11) is 1.50. The molecular formula is C14H19N3O4. The Bertz CT molecular complexity index is 490. The lowest BCUT2D eigenvalue weighted by Gasteiger charge is -2.15. The van der Waals surface area contributed by atoms with E-state index >= 15 is 0 Å². The van der Waals surface area contributed by atoms with Crippen LogP contribution in [0.1, 0.15) is 12.0 Å². The van der Waals surface area contributed by atoms with Gasteiger partial charge in [-0.05, 0) is 5.56 Å². The first kappa shape index (κ1) is 16.5. The Kier molecular flexibility index (Phi) is 6.73. The first-order valence-electron chi connectivity index (χ1n) is 6.54. The van der Waals surface area contributed by atoms with Gasteiger partial charge < -0.3 is 21.1 Å². The van der Waals surface area contributed by atoms with E-state index in [-0.39, 0.29) is 25.3 Å². The zero-order valence-electron chi connectivity index (χ0n) is 11.8. The van der Waals surface area contributed by atoms with Gasteiger partial charge in [-0.2, -0.15) is 0 Å². The van der Waals surface area contributed by atoms with Gasteiger partial charge in [-0.25, -0.2) is 9.59 Å². The second kappa shape index (κ2) is 8.57. The molecule has 0 aliphatic rings. The van der Waals surface area contributed by atoms with Crippen LogP contribution in [0.4, 0.5) is 4.79 Å². The third-order valence-corrected chi connectivity index (χ3v) is 2.80. The standard InChI is InChI=1S/C14H19N3O4/c1-15-12(18)7-8-16-14(21)17-11(13(19)20)9-10-5-3-2-4-6-10/h2-6,11H,7-9H2,1H3,(H,15,18)(H,19,20)(H2,16,17,21). The lowest BCUT2D eigenvalue weighted by molar-refractivity contribution is -0.139. The number of hydrogen-bond donors (Lipinski definition) is 4. The highest BCUT2D eigenvalue weighted by atomic mass is 16.4. The summed E-state index contributed by atoms with van der Waals surface area (Å²) in [6.07, 6.45) is 0.333. The number of carbonyl (C=O) groups is 3. The van der Waals surface area contributed by atoms with Crippen LogP contribution in [-0.2, 0) is 16.0 Å². The van der Waals surface area contributed by atoms with E-state index in [9.17, 15) is 14.4 Å². The predicted octanol–water partition coefficient (Wildman–Crippen LogP) is 0.118. The average molecular weight is 293 g/mol. The van der Waals surface area contributed by atoms with E-state index in [0.29, 0.717) is 0 Å². The van der Waals surface area contributed by atoms with Crippen molar-refractivity contribution in [2.75, 3.05) is 13.6 Å². The van der Waals surface area contributed by atoms with E-state index in [0.717, 1.165) is 5.56 Å². The van der Waals surface area contributed by atoms with Crippen LogP contribution in [0.3, 0.4) is 0 Å². The number of nitrogens with one attached hydrogen (secondary N) is 3. The summed E-state index contributed by atoms with van der Waals surface area (Å²) in [5, 5.41) is 16.4. The van der Waals surface area contributed by atoms with Gasteiger partial charge in [0.2, 0.25) is 5.91 Å². The first-order chi connectivity index (χ1) is 10.0. The van der Waals surface area contributed by atoms with E-state index in [4.69, 9.17) is 5.11 Å². The third-order valence-electron chi connectivity index (χ3n) is 2.80. The van der Waals surface area contributed by atoms with Gasteiger partial charge in [0.25, 0.3) is 0 Å². The van der Waals surface area contributed by atoms with Crippen molar-refractivity contribution in [2.45, 2.75) is 18.9 Å². The fourth-order valence-electron chi connectivity index (χ4n) is 1.67. The molecule has 1 aromatic rings. The monoisotopic (exact) mass is 293 g/mol. The Morgan fingerprint density at radius 1 is 1.19 bits per heavy atom. The van der Waals surface area contributed by atoms with Crippen LogP contribution in [-0.4, -0.2) is 42.6 Å². The van der Waals surface area contributed by atoms with Crippen molar-refractivity contribution in [1.82, 2.24) is 16.0 Å². The SMILES string of the molecule is CNC(=O)CCNC(=O)NC(Cc1ccccc1)C(=O)O. The molecule has 1 aromatic carbocycles. The number of urea groups is 1. The lowest BCUT2D eigenvalue weighted by atomic mass is 10.1. The molecule has 0 saturated heterocycles. The lowest BCUT2D eigenvalue weighted by Crippen LogP contribution is -2.47. The smallest absolute Gasteiger partial charge is 0.326 e. The maximum atomic E-state index is 11.6. The fraction of sp³-hybridized carbons (Fsp3) is 0.357. The molecule has 1 unspecified atom stereocenters. The van der Waals surface area contributed by atoms with Crippen LogP contribution in [0, 0.1) is 0 Å². The summed E-state index contributed by atoms with van der Waals surface area (Å²) in [5.74, 6) is -1.31. The molecule has 0 heterocycles. The normalized spacial score (nSPS) is 11.3. The van der Waals surface area contributed by atoms with Crippen molar-refractivity contribution in [1.29, 1.82) is 0 Å². The summed E-state index contributed by atoms with van der Waals surface area (Å²) < 4.78 is 0. The van der Waals surface area contributed by atoms with Gasteiger partial charge in [-0.15, -0.1) is 0 Å². The van der Waals surface area contributed by atoms with Crippen LogP contribution in [0.15, 0.2) is 30.3 Å². The van der Waals surface area contributed by atoms with E-state index in [1.165, 1.54) is 7.05 Å². The fourth-order valence-corrected chi connectivity index (χ4v) is 1.67. The van der Waals surface area contributed by atoms with E-state index in [1.807, 2.05) is 6.07 Å². The Morgan fingerprint density at radius 3 is 2.43 bits per heavy atom. The maximum Gasteiger partial charge on any atom is 0.326 e. The molecule has 3 amide bonds. The highest BCUT2D eigenvalue weighted by Crippen LogP contribution is 2.03. The number of rotatable bonds is 7. The number of benzene rings is 1. The van der Waals surface area contributed by atoms with Crippen LogP contribution < -0.4 is 16.0 Å². The minimum absolute atomic E-state index is 0.139. The van der Waals surface area contributed by atoms with E-state index < -0.39 is 18.0 Å². The molecule has 1 atom stereocenters. The number of aliphatic carboxylic acids is 1. The first-order valence-corrected chi connectivity index (χ1v) is 6.54. The highest BCUT2D eigenvalue weighted by Gasteiger charge is 2.20. The summed E-state index contributed by atoms with van der Waals surface area (Å²) in [6.45, 7) is 0.142. The molecular weight excluding hydrogens is 274 g/mol. The molecule has 0 aliphatic carbocycles. The van der Waals surface area contributed by atoms with E-state index in [1.54, 1.807) is 24.3 Å². The van der Waals surface area contributed by atoms with Gasteiger partial charge in [0.15, 0.2) is 0 Å².